The van der Waals surface area contributed by atoms with Crippen molar-refractivity contribution in [2.24, 2.45) is 0 Å². The summed E-state index contributed by atoms with van der Waals surface area (Å²) in [5.41, 5.74) is -0.210. The van der Waals surface area contributed by atoms with E-state index in [9.17, 15) is 5.11 Å². The van der Waals surface area contributed by atoms with E-state index in [-0.39, 0.29) is 6.10 Å². The van der Waals surface area contributed by atoms with Crippen molar-refractivity contribution in [3.05, 3.63) is 23.8 Å². The van der Waals surface area contributed by atoms with Crippen LogP contribution in [0.15, 0.2) is 18.2 Å². The normalized spacial score (nSPS) is 27.1. The van der Waals surface area contributed by atoms with Gasteiger partial charge in [0.1, 0.15) is 17.1 Å². The van der Waals surface area contributed by atoms with Crippen molar-refractivity contribution in [1.82, 2.24) is 0 Å². The highest BCUT2D eigenvalue weighted by atomic mass is 16.5. The molecule has 0 amide bonds. The highest BCUT2D eigenvalue weighted by Crippen LogP contribution is 2.44. The Labute approximate surface area is 114 Å². The summed E-state index contributed by atoms with van der Waals surface area (Å²) in [6.45, 7) is 2.62. The lowest BCUT2D eigenvalue weighted by Crippen LogP contribution is -2.38. The van der Waals surface area contributed by atoms with Crippen LogP contribution < -0.4 is 9.47 Å². The first-order valence-corrected chi connectivity index (χ1v) is 6.70. The van der Waals surface area contributed by atoms with Crippen molar-refractivity contribution >= 4 is 0 Å². The first-order valence-electron chi connectivity index (χ1n) is 6.70. The first kappa shape index (κ1) is 14.2. The van der Waals surface area contributed by atoms with Crippen molar-refractivity contribution in [3.8, 4) is 11.5 Å². The molecule has 1 heterocycles. The average Bonchev–Trinajstić information content (AvgIpc) is 2.46. The highest BCUT2D eigenvalue weighted by molar-refractivity contribution is 5.48. The lowest BCUT2D eigenvalue weighted by molar-refractivity contribution is -0.110. The molecule has 1 aromatic carbocycles. The van der Waals surface area contributed by atoms with Crippen molar-refractivity contribution in [3.63, 3.8) is 0 Å². The van der Waals surface area contributed by atoms with Crippen LogP contribution >= 0.6 is 0 Å². The molecule has 0 radical (unpaired) electrons. The van der Waals surface area contributed by atoms with Crippen LogP contribution in [0.5, 0.6) is 11.5 Å². The van der Waals surface area contributed by atoms with Gasteiger partial charge in [0.05, 0.1) is 32.5 Å². The SMILES string of the molecule is CCC1CC(O)(c2c(OC)cccc2OC)CCO1. The smallest absolute Gasteiger partial charge is 0.128 e. The van der Waals surface area contributed by atoms with Crippen LogP contribution in [0.1, 0.15) is 31.7 Å². The Morgan fingerprint density at radius 3 is 2.47 bits per heavy atom. The summed E-state index contributed by atoms with van der Waals surface area (Å²) in [5, 5.41) is 11.0. The molecule has 1 aliphatic heterocycles. The van der Waals surface area contributed by atoms with Crippen molar-refractivity contribution < 1.29 is 19.3 Å². The number of aliphatic hydroxyl groups is 1. The van der Waals surface area contributed by atoms with Gasteiger partial charge in [-0.3, -0.25) is 0 Å². The van der Waals surface area contributed by atoms with E-state index >= 15 is 0 Å². The van der Waals surface area contributed by atoms with Crippen molar-refractivity contribution in [2.75, 3.05) is 20.8 Å². The van der Waals surface area contributed by atoms with Crippen molar-refractivity contribution in [2.45, 2.75) is 37.9 Å². The number of rotatable bonds is 4. The number of hydrogen-bond acceptors (Lipinski definition) is 4. The molecule has 0 saturated carbocycles. The molecule has 2 unspecified atom stereocenters. The maximum absolute atomic E-state index is 11.0. The molecule has 0 bridgehead atoms. The van der Waals surface area contributed by atoms with E-state index < -0.39 is 5.60 Å². The number of ether oxygens (including phenoxy) is 3. The molecule has 2 atom stereocenters. The van der Waals surface area contributed by atoms with Gasteiger partial charge in [0.25, 0.3) is 0 Å². The predicted molar refractivity (Wildman–Crippen MR) is 72.7 cm³/mol. The molecule has 106 valence electrons. The van der Waals surface area contributed by atoms with Gasteiger partial charge in [-0.15, -0.1) is 0 Å². The van der Waals surface area contributed by atoms with E-state index in [0.717, 1.165) is 12.0 Å². The van der Waals surface area contributed by atoms with Gasteiger partial charge in [-0.1, -0.05) is 13.0 Å². The Bertz CT molecular complexity index is 410. The fraction of sp³-hybridized carbons (Fsp3) is 0.600. The lowest BCUT2D eigenvalue weighted by atomic mass is 9.82. The lowest BCUT2D eigenvalue weighted by Gasteiger charge is -2.38. The summed E-state index contributed by atoms with van der Waals surface area (Å²) >= 11 is 0. The van der Waals surface area contributed by atoms with Gasteiger partial charge in [0.2, 0.25) is 0 Å². The van der Waals surface area contributed by atoms with Crippen molar-refractivity contribution in [1.29, 1.82) is 0 Å². The van der Waals surface area contributed by atoms with Crippen LogP contribution in [0.25, 0.3) is 0 Å². The molecule has 1 saturated heterocycles. The monoisotopic (exact) mass is 266 g/mol. The topological polar surface area (TPSA) is 47.9 Å². The van der Waals surface area contributed by atoms with Gasteiger partial charge in [-0.2, -0.15) is 0 Å². The maximum atomic E-state index is 11.0. The minimum Gasteiger partial charge on any atom is -0.496 e. The number of hydrogen-bond donors (Lipinski definition) is 1. The summed E-state index contributed by atoms with van der Waals surface area (Å²) in [7, 11) is 3.22. The predicted octanol–water partition coefficient (Wildman–Crippen LogP) is 2.48. The second kappa shape index (κ2) is 5.80. The van der Waals surface area contributed by atoms with E-state index in [4.69, 9.17) is 14.2 Å². The molecule has 1 fully saturated rings. The second-order valence-electron chi connectivity index (χ2n) is 4.92. The summed E-state index contributed by atoms with van der Waals surface area (Å²) in [6.07, 6.45) is 2.09. The third-order valence-corrected chi connectivity index (χ3v) is 3.78. The third kappa shape index (κ3) is 2.69. The number of benzene rings is 1. The summed E-state index contributed by atoms with van der Waals surface area (Å²) in [4.78, 5) is 0. The molecule has 4 nitrogen and oxygen atoms in total. The zero-order chi connectivity index (χ0) is 13.9. The Balaban J connectivity index is 2.43. The Morgan fingerprint density at radius 2 is 1.95 bits per heavy atom. The standard InChI is InChI=1S/C15H22O4/c1-4-11-10-15(16,8-9-19-11)14-12(17-2)6-5-7-13(14)18-3/h5-7,11,16H,4,8-10H2,1-3H3. The molecule has 2 rings (SSSR count). The fourth-order valence-corrected chi connectivity index (χ4v) is 2.73. The quantitative estimate of drug-likeness (QED) is 0.909. The molecule has 0 aromatic heterocycles. The highest BCUT2D eigenvalue weighted by Gasteiger charge is 2.40. The van der Waals surface area contributed by atoms with Crippen LogP contribution in [-0.2, 0) is 10.3 Å². The molecular formula is C15H22O4. The van der Waals surface area contributed by atoms with Crippen LogP contribution in [0.4, 0.5) is 0 Å². The molecule has 4 heteroatoms. The minimum atomic E-state index is -0.948. The van der Waals surface area contributed by atoms with Crippen LogP contribution in [0.2, 0.25) is 0 Å². The zero-order valence-corrected chi connectivity index (χ0v) is 11.8. The molecule has 1 aromatic rings. The summed E-state index contributed by atoms with van der Waals surface area (Å²) < 4.78 is 16.4. The molecule has 1 N–H and O–H groups in total. The van der Waals surface area contributed by atoms with Gasteiger partial charge in [0.15, 0.2) is 0 Å². The summed E-state index contributed by atoms with van der Waals surface area (Å²) in [6, 6.07) is 5.57. The Hall–Kier alpha value is -1.26. The van der Waals surface area contributed by atoms with Gasteiger partial charge in [-0.25, -0.2) is 0 Å². The third-order valence-electron chi connectivity index (χ3n) is 3.78. The van der Waals surface area contributed by atoms with Gasteiger partial charge < -0.3 is 19.3 Å². The van der Waals surface area contributed by atoms with Crippen LogP contribution in [0, 0.1) is 0 Å². The molecule has 1 aliphatic rings. The van der Waals surface area contributed by atoms with Gasteiger partial charge in [-0.05, 0) is 18.6 Å². The molecular weight excluding hydrogens is 244 g/mol. The Kier molecular flexibility index (Phi) is 4.32. The largest absolute Gasteiger partial charge is 0.496 e. The molecule has 19 heavy (non-hydrogen) atoms. The van der Waals surface area contributed by atoms with Gasteiger partial charge in [0, 0.05) is 12.8 Å². The van der Waals surface area contributed by atoms with Crippen LogP contribution in [-0.4, -0.2) is 32.0 Å². The van der Waals surface area contributed by atoms with E-state index in [0.29, 0.717) is 30.9 Å². The average molecular weight is 266 g/mol. The Morgan fingerprint density at radius 1 is 1.32 bits per heavy atom. The first-order chi connectivity index (χ1) is 9.14. The zero-order valence-electron chi connectivity index (χ0n) is 11.8. The number of methoxy groups -OCH3 is 2. The van der Waals surface area contributed by atoms with E-state index in [1.165, 1.54) is 0 Å². The summed E-state index contributed by atoms with van der Waals surface area (Å²) in [5.74, 6) is 1.33. The fourth-order valence-electron chi connectivity index (χ4n) is 2.73. The van der Waals surface area contributed by atoms with E-state index in [1.807, 2.05) is 18.2 Å². The minimum absolute atomic E-state index is 0.0772. The van der Waals surface area contributed by atoms with Crippen LogP contribution in [0.3, 0.4) is 0 Å². The van der Waals surface area contributed by atoms with Gasteiger partial charge >= 0.3 is 0 Å². The molecule has 0 aliphatic carbocycles. The molecule has 0 spiro atoms. The van der Waals surface area contributed by atoms with E-state index in [2.05, 4.69) is 6.92 Å². The second-order valence-corrected chi connectivity index (χ2v) is 4.92. The maximum Gasteiger partial charge on any atom is 0.128 e. The van der Waals surface area contributed by atoms with E-state index in [1.54, 1.807) is 14.2 Å².